The number of hydrogen-bond donors (Lipinski definition) is 3. The molecule has 2 fully saturated rings. The maximum atomic E-state index is 14.1. The molecule has 2 aliphatic heterocycles. The number of nitrogens with zero attached hydrogens (tertiary/aromatic N) is 6. The minimum atomic E-state index is -1.05. The standard InChI is InChI=1S/C31H37ClN8O4/c1-19(2)26-16-25(38-13-11-23(33)12-14-38)17-39(29(26)30(42)35-24-7-3-20(4-8-24)31(43)44)28(41)10-5-21-15-22(32)6-9-27(21)40-18-34-36-37-40/h3-10,15,18-19,23,25-26,29H,11-14,16-17,33H2,1-2H3,(H,35,42)(H,43,44). The summed E-state index contributed by atoms with van der Waals surface area (Å²) in [7, 11) is 0. The number of carboxylic acid groups (broad SMARTS) is 1. The van der Waals surface area contributed by atoms with Crippen molar-refractivity contribution in [1.29, 1.82) is 0 Å². The summed E-state index contributed by atoms with van der Waals surface area (Å²) < 4.78 is 1.49. The molecule has 5 rings (SSSR count). The topological polar surface area (TPSA) is 160 Å². The lowest BCUT2D eigenvalue weighted by Crippen LogP contribution is -2.62. The van der Waals surface area contributed by atoms with Crippen molar-refractivity contribution < 1.29 is 19.5 Å². The number of carbonyl (C=O) groups excluding carboxylic acids is 2. The van der Waals surface area contributed by atoms with Gasteiger partial charge in [0.15, 0.2) is 0 Å². The Hall–Kier alpha value is -4.13. The SMILES string of the molecule is CC(C)C1CC(N2CCC(N)CC2)CN(C(=O)C=Cc2cc(Cl)ccc2-n2cnnn2)C1C(=O)Nc1ccc(C(=O)O)cc1. The first-order chi connectivity index (χ1) is 21.1. The van der Waals surface area contributed by atoms with Crippen molar-refractivity contribution in [2.24, 2.45) is 17.6 Å². The number of piperidine rings is 2. The maximum absolute atomic E-state index is 14.1. The predicted octanol–water partition coefficient (Wildman–Crippen LogP) is 3.33. The molecule has 12 nitrogen and oxygen atoms in total. The summed E-state index contributed by atoms with van der Waals surface area (Å²) in [5.41, 5.74) is 8.04. The fraction of sp³-hybridized carbons (Fsp3) is 0.419. The third-order valence-corrected chi connectivity index (χ3v) is 8.82. The number of aromatic nitrogens is 4. The normalized spacial score (nSPS) is 21.6. The molecule has 0 saturated carbocycles. The lowest BCUT2D eigenvalue weighted by atomic mass is 9.77. The Morgan fingerprint density at radius 3 is 2.48 bits per heavy atom. The Kier molecular flexibility index (Phi) is 9.72. The number of aromatic carboxylic acids is 1. The minimum Gasteiger partial charge on any atom is -0.478 e. The van der Waals surface area contributed by atoms with Crippen LogP contribution in [-0.4, -0.2) is 90.7 Å². The van der Waals surface area contributed by atoms with Gasteiger partial charge in [-0.3, -0.25) is 14.5 Å². The molecule has 232 valence electrons. The van der Waals surface area contributed by atoms with Gasteiger partial charge in [0.1, 0.15) is 12.4 Å². The van der Waals surface area contributed by atoms with E-state index in [1.54, 1.807) is 41.3 Å². The average Bonchev–Trinajstić information content (AvgIpc) is 3.55. The number of likely N-dealkylation sites (tertiary alicyclic amines) is 2. The predicted molar refractivity (Wildman–Crippen MR) is 166 cm³/mol. The zero-order chi connectivity index (χ0) is 31.4. The van der Waals surface area contributed by atoms with Gasteiger partial charge in [0.25, 0.3) is 0 Å². The Labute approximate surface area is 260 Å². The van der Waals surface area contributed by atoms with Crippen molar-refractivity contribution in [3.05, 3.63) is 71.0 Å². The molecule has 2 aromatic carbocycles. The third-order valence-electron chi connectivity index (χ3n) is 8.58. The number of nitrogens with two attached hydrogens (primary N) is 1. The van der Waals surface area contributed by atoms with Crippen molar-refractivity contribution in [1.82, 2.24) is 30.0 Å². The molecule has 0 radical (unpaired) electrons. The smallest absolute Gasteiger partial charge is 0.335 e. The molecule has 13 heteroatoms. The molecule has 44 heavy (non-hydrogen) atoms. The number of benzene rings is 2. The second-order valence-electron chi connectivity index (χ2n) is 11.8. The molecule has 4 N–H and O–H groups in total. The Morgan fingerprint density at radius 1 is 1.11 bits per heavy atom. The molecule has 0 aliphatic carbocycles. The number of anilines is 1. The number of carbonyl (C=O) groups is 3. The number of amides is 2. The zero-order valence-corrected chi connectivity index (χ0v) is 25.5. The fourth-order valence-electron chi connectivity index (χ4n) is 6.15. The molecule has 2 amide bonds. The lowest BCUT2D eigenvalue weighted by molar-refractivity contribution is -0.142. The van der Waals surface area contributed by atoms with Crippen LogP contribution in [0.15, 0.2) is 54.9 Å². The van der Waals surface area contributed by atoms with Crippen molar-refractivity contribution in [3.8, 4) is 5.69 Å². The summed E-state index contributed by atoms with van der Waals surface area (Å²) in [5, 5.41) is 24.0. The van der Waals surface area contributed by atoms with Crippen molar-refractivity contribution in [2.75, 3.05) is 25.0 Å². The Bertz CT molecular complexity index is 1500. The van der Waals surface area contributed by atoms with E-state index in [0.29, 0.717) is 28.5 Å². The number of halogens is 1. The highest BCUT2D eigenvalue weighted by Gasteiger charge is 2.45. The van der Waals surface area contributed by atoms with Gasteiger partial charge in [0.05, 0.1) is 11.3 Å². The van der Waals surface area contributed by atoms with E-state index in [9.17, 15) is 19.5 Å². The minimum absolute atomic E-state index is 0.0779. The number of rotatable bonds is 8. The van der Waals surface area contributed by atoms with Crippen LogP contribution in [0.1, 0.15) is 49.0 Å². The monoisotopic (exact) mass is 620 g/mol. The van der Waals surface area contributed by atoms with E-state index < -0.39 is 12.0 Å². The van der Waals surface area contributed by atoms with E-state index in [0.717, 1.165) is 32.4 Å². The van der Waals surface area contributed by atoms with E-state index >= 15 is 0 Å². The highest BCUT2D eigenvalue weighted by molar-refractivity contribution is 6.30. The van der Waals surface area contributed by atoms with Crippen LogP contribution in [0.4, 0.5) is 5.69 Å². The maximum Gasteiger partial charge on any atom is 0.335 e. The van der Waals surface area contributed by atoms with E-state index in [-0.39, 0.29) is 41.3 Å². The summed E-state index contributed by atoms with van der Waals surface area (Å²) in [6.45, 7) is 6.22. The highest BCUT2D eigenvalue weighted by Crippen LogP contribution is 2.34. The summed E-state index contributed by atoms with van der Waals surface area (Å²) in [6, 6.07) is 10.7. The van der Waals surface area contributed by atoms with Gasteiger partial charge in [-0.05, 0) is 103 Å². The van der Waals surface area contributed by atoms with Crippen molar-refractivity contribution >= 4 is 41.1 Å². The van der Waals surface area contributed by atoms with E-state index in [2.05, 4.69) is 39.6 Å². The molecule has 3 heterocycles. The third kappa shape index (κ3) is 7.15. The number of carboxylic acids is 1. The van der Waals surface area contributed by atoms with Crippen LogP contribution < -0.4 is 11.1 Å². The molecule has 2 saturated heterocycles. The summed E-state index contributed by atoms with van der Waals surface area (Å²) >= 11 is 6.29. The number of nitrogens with one attached hydrogen (secondary N) is 1. The average molecular weight is 621 g/mol. The van der Waals surface area contributed by atoms with E-state index in [1.807, 2.05) is 0 Å². The summed E-state index contributed by atoms with van der Waals surface area (Å²) in [5.74, 6) is -1.69. The first kappa shape index (κ1) is 31.3. The molecule has 2 aliphatic rings. The number of tetrazole rings is 1. The molecule has 3 atom stereocenters. The van der Waals surface area contributed by atoms with Crippen LogP contribution in [0.2, 0.25) is 5.02 Å². The largest absolute Gasteiger partial charge is 0.478 e. The summed E-state index contributed by atoms with van der Waals surface area (Å²) in [6.07, 6.45) is 7.13. The van der Waals surface area contributed by atoms with Crippen LogP contribution in [0.5, 0.6) is 0 Å². The van der Waals surface area contributed by atoms with Gasteiger partial charge >= 0.3 is 5.97 Å². The van der Waals surface area contributed by atoms with Gasteiger partial charge in [0, 0.05) is 41.0 Å². The Balaban J connectivity index is 1.46. The second-order valence-corrected chi connectivity index (χ2v) is 12.2. The van der Waals surface area contributed by atoms with Crippen LogP contribution in [0, 0.1) is 11.8 Å². The molecule has 1 aromatic heterocycles. The van der Waals surface area contributed by atoms with Crippen LogP contribution in [0.3, 0.4) is 0 Å². The van der Waals surface area contributed by atoms with Crippen LogP contribution in [-0.2, 0) is 9.59 Å². The molecular formula is C31H37ClN8O4. The highest BCUT2D eigenvalue weighted by atomic mass is 35.5. The molecule has 3 unspecified atom stereocenters. The van der Waals surface area contributed by atoms with Gasteiger partial charge in [-0.15, -0.1) is 5.10 Å². The van der Waals surface area contributed by atoms with E-state index in [1.165, 1.54) is 29.2 Å². The van der Waals surface area contributed by atoms with Gasteiger partial charge in [-0.1, -0.05) is 25.4 Å². The summed E-state index contributed by atoms with van der Waals surface area (Å²) in [4.78, 5) is 43.4. The van der Waals surface area contributed by atoms with Gasteiger partial charge in [-0.25, -0.2) is 4.79 Å². The van der Waals surface area contributed by atoms with Crippen LogP contribution in [0.25, 0.3) is 11.8 Å². The molecule has 3 aromatic rings. The second kappa shape index (κ2) is 13.7. The lowest BCUT2D eigenvalue weighted by Gasteiger charge is -2.49. The van der Waals surface area contributed by atoms with Crippen molar-refractivity contribution in [3.63, 3.8) is 0 Å². The molecule has 0 spiro atoms. The fourth-order valence-corrected chi connectivity index (χ4v) is 6.33. The van der Waals surface area contributed by atoms with Crippen molar-refractivity contribution in [2.45, 2.75) is 51.2 Å². The first-order valence-electron chi connectivity index (χ1n) is 14.8. The van der Waals surface area contributed by atoms with Gasteiger partial charge < -0.3 is 21.1 Å². The quantitative estimate of drug-likeness (QED) is 0.321. The van der Waals surface area contributed by atoms with Gasteiger partial charge in [-0.2, -0.15) is 4.68 Å². The van der Waals surface area contributed by atoms with E-state index in [4.69, 9.17) is 17.3 Å². The zero-order valence-electron chi connectivity index (χ0n) is 24.7. The van der Waals surface area contributed by atoms with Crippen LogP contribution >= 0.6 is 11.6 Å². The Morgan fingerprint density at radius 2 is 1.84 bits per heavy atom. The first-order valence-corrected chi connectivity index (χ1v) is 15.1. The number of hydrogen-bond acceptors (Lipinski definition) is 8. The molecule has 0 bridgehead atoms. The molecular weight excluding hydrogens is 584 g/mol. The van der Waals surface area contributed by atoms with Gasteiger partial charge in [0.2, 0.25) is 11.8 Å².